The second kappa shape index (κ2) is 8.28. The van der Waals surface area contributed by atoms with Crippen LogP contribution in [0, 0.1) is 0 Å². The van der Waals surface area contributed by atoms with Gasteiger partial charge in [0.2, 0.25) is 5.91 Å². The average molecular weight is 408 g/mol. The molecule has 1 fully saturated rings. The van der Waals surface area contributed by atoms with Crippen LogP contribution in [-0.4, -0.2) is 25.7 Å². The van der Waals surface area contributed by atoms with E-state index in [4.69, 9.17) is 4.74 Å². The molecule has 0 radical (unpaired) electrons. The normalized spacial score (nSPS) is 16.7. The molecule has 0 saturated carbocycles. The van der Waals surface area contributed by atoms with Crippen molar-refractivity contribution in [2.24, 2.45) is 0 Å². The zero-order valence-corrected chi connectivity index (χ0v) is 16.0. The summed E-state index contributed by atoms with van der Waals surface area (Å²) < 4.78 is 6.60. The molecular weight excluding hydrogens is 386 g/mol. The Morgan fingerprint density at radius 1 is 1.25 bits per heavy atom. The van der Waals surface area contributed by atoms with Crippen molar-refractivity contribution in [2.75, 3.05) is 19.8 Å². The monoisotopic (exact) mass is 407 g/mol. The number of ether oxygens (including phenoxy) is 1. The minimum Gasteiger partial charge on any atom is -0.381 e. The van der Waals surface area contributed by atoms with Gasteiger partial charge in [-0.15, -0.1) is 0 Å². The maximum absolute atomic E-state index is 12.3. The average Bonchev–Trinajstić information content (AvgIpc) is 3.15. The molecule has 1 aromatic heterocycles. The van der Waals surface area contributed by atoms with E-state index >= 15 is 0 Å². The number of carbonyl (C=O) groups excluding carboxylic acids is 1. The van der Waals surface area contributed by atoms with Crippen molar-refractivity contribution in [1.29, 1.82) is 0 Å². The lowest BCUT2D eigenvalue weighted by atomic mass is 9.75. The van der Waals surface area contributed by atoms with E-state index in [1.54, 1.807) is 11.3 Å². The molecule has 1 amide bonds. The highest BCUT2D eigenvalue weighted by molar-refractivity contribution is 9.10. The maximum atomic E-state index is 12.3. The third-order valence-electron chi connectivity index (χ3n) is 4.79. The van der Waals surface area contributed by atoms with Gasteiger partial charge >= 0.3 is 0 Å². The van der Waals surface area contributed by atoms with E-state index in [-0.39, 0.29) is 11.3 Å². The molecule has 0 atom stereocenters. The van der Waals surface area contributed by atoms with Crippen LogP contribution in [0.5, 0.6) is 0 Å². The number of thiophene rings is 1. The van der Waals surface area contributed by atoms with Gasteiger partial charge in [0.05, 0.1) is 0 Å². The fourth-order valence-corrected chi connectivity index (χ4v) is 4.46. The van der Waals surface area contributed by atoms with Crippen LogP contribution < -0.4 is 5.32 Å². The molecule has 1 N–H and O–H groups in total. The molecule has 128 valence electrons. The number of carbonyl (C=O) groups is 1. The lowest BCUT2D eigenvalue weighted by molar-refractivity contribution is -0.121. The molecular formula is C19H22BrNO2S. The molecule has 5 heteroatoms. The van der Waals surface area contributed by atoms with Crippen molar-refractivity contribution in [3.63, 3.8) is 0 Å². The third kappa shape index (κ3) is 4.26. The first-order valence-corrected chi connectivity index (χ1v) is 10.0. The summed E-state index contributed by atoms with van der Waals surface area (Å²) in [4.78, 5) is 12.3. The van der Waals surface area contributed by atoms with Crippen molar-refractivity contribution < 1.29 is 9.53 Å². The van der Waals surface area contributed by atoms with Crippen LogP contribution in [-0.2, 0) is 21.4 Å². The Morgan fingerprint density at radius 3 is 2.75 bits per heavy atom. The molecule has 0 aliphatic carbocycles. The Hall–Kier alpha value is -1.17. The second-order valence-corrected chi connectivity index (χ2v) is 7.91. The lowest BCUT2D eigenvalue weighted by Crippen LogP contribution is -2.44. The molecule has 1 aromatic carbocycles. The molecule has 1 saturated heterocycles. The predicted molar refractivity (Wildman–Crippen MR) is 102 cm³/mol. The highest BCUT2D eigenvalue weighted by Crippen LogP contribution is 2.35. The van der Waals surface area contributed by atoms with Crippen LogP contribution >= 0.6 is 27.3 Å². The van der Waals surface area contributed by atoms with Gasteiger partial charge in [0.15, 0.2) is 0 Å². The minimum atomic E-state index is 0.0290. The summed E-state index contributed by atoms with van der Waals surface area (Å²) in [5.41, 5.74) is 2.54. The lowest BCUT2D eigenvalue weighted by Gasteiger charge is -2.37. The van der Waals surface area contributed by atoms with E-state index < -0.39 is 0 Å². The number of hydrogen-bond donors (Lipinski definition) is 1. The SMILES string of the molecule is O=C(CCc1ccccc1Br)NCC1(c2ccsc2)CCOCC1. The summed E-state index contributed by atoms with van der Waals surface area (Å²) in [7, 11) is 0. The number of aryl methyl sites for hydroxylation is 1. The molecule has 1 aliphatic heterocycles. The fraction of sp³-hybridized carbons (Fsp3) is 0.421. The highest BCUT2D eigenvalue weighted by Gasteiger charge is 2.35. The van der Waals surface area contributed by atoms with E-state index in [1.165, 1.54) is 11.1 Å². The van der Waals surface area contributed by atoms with Gasteiger partial charge in [-0.05, 0) is 53.3 Å². The van der Waals surface area contributed by atoms with Crippen molar-refractivity contribution in [3.8, 4) is 0 Å². The van der Waals surface area contributed by atoms with Gasteiger partial charge < -0.3 is 10.1 Å². The minimum absolute atomic E-state index is 0.0290. The first kappa shape index (κ1) is 17.6. The summed E-state index contributed by atoms with van der Waals surface area (Å²) in [6.07, 6.45) is 3.20. The van der Waals surface area contributed by atoms with Crippen LogP contribution in [0.4, 0.5) is 0 Å². The van der Waals surface area contributed by atoms with Crippen molar-refractivity contribution in [3.05, 3.63) is 56.7 Å². The largest absolute Gasteiger partial charge is 0.381 e. The summed E-state index contributed by atoms with van der Waals surface area (Å²) in [5.74, 6) is 0.117. The molecule has 0 unspecified atom stereocenters. The standard InChI is InChI=1S/C19H22BrNO2S/c20-17-4-2-1-3-15(17)5-6-18(22)21-14-19(8-10-23-11-9-19)16-7-12-24-13-16/h1-4,7,12-13H,5-6,8-11,14H2,(H,21,22). The van der Waals surface area contributed by atoms with Gasteiger partial charge in [0.1, 0.15) is 0 Å². The quantitative estimate of drug-likeness (QED) is 0.774. The Balaban J connectivity index is 1.57. The Morgan fingerprint density at radius 2 is 2.04 bits per heavy atom. The van der Waals surface area contributed by atoms with Gasteiger partial charge in [-0.2, -0.15) is 11.3 Å². The molecule has 24 heavy (non-hydrogen) atoms. The molecule has 2 aromatic rings. The first-order chi connectivity index (χ1) is 11.7. The van der Waals surface area contributed by atoms with Gasteiger partial charge in [0.25, 0.3) is 0 Å². The number of amides is 1. The number of halogens is 1. The van der Waals surface area contributed by atoms with Gasteiger partial charge in [-0.3, -0.25) is 4.79 Å². The Kier molecular flexibility index (Phi) is 6.09. The van der Waals surface area contributed by atoms with Gasteiger partial charge in [-0.25, -0.2) is 0 Å². The number of hydrogen-bond acceptors (Lipinski definition) is 3. The topological polar surface area (TPSA) is 38.3 Å². The summed E-state index contributed by atoms with van der Waals surface area (Å²) in [5, 5.41) is 7.49. The zero-order valence-electron chi connectivity index (χ0n) is 13.6. The van der Waals surface area contributed by atoms with Crippen molar-refractivity contribution in [1.82, 2.24) is 5.32 Å². The fourth-order valence-electron chi connectivity index (χ4n) is 3.20. The van der Waals surface area contributed by atoms with E-state index in [0.29, 0.717) is 13.0 Å². The second-order valence-electron chi connectivity index (χ2n) is 6.27. The van der Waals surface area contributed by atoms with Crippen molar-refractivity contribution >= 4 is 33.2 Å². The Bertz CT molecular complexity index is 666. The van der Waals surface area contributed by atoms with Crippen LogP contribution in [0.3, 0.4) is 0 Å². The van der Waals surface area contributed by atoms with E-state index in [9.17, 15) is 4.79 Å². The summed E-state index contributed by atoms with van der Waals surface area (Å²) >= 11 is 5.25. The van der Waals surface area contributed by atoms with Crippen LogP contribution in [0.1, 0.15) is 30.4 Å². The maximum Gasteiger partial charge on any atom is 0.220 e. The zero-order chi connectivity index (χ0) is 16.8. The molecule has 0 spiro atoms. The van der Waals surface area contributed by atoms with Crippen LogP contribution in [0.15, 0.2) is 45.6 Å². The van der Waals surface area contributed by atoms with Crippen LogP contribution in [0.2, 0.25) is 0 Å². The number of benzene rings is 1. The van der Waals surface area contributed by atoms with E-state index in [0.717, 1.165) is 36.9 Å². The van der Waals surface area contributed by atoms with E-state index in [2.05, 4.69) is 44.1 Å². The predicted octanol–water partition coefficient (Wildman–Crippen LogP) is 4.31. The summed E-state index contributed by atoms with van der Waals surface area (Å²) in [6, 6.07) is 10.3. The third-order valence-corrected chi connectivity index (χ3v) is 6.24. The Labute approximate surface area is 155 Å². The van der Waals surface area contributed by atoms with E-state index in [1.807, 2.05) is 18.2 Å². The molecule has 3 nitrogen and oxygen atoms in total. The van der Waals surface area contributed by atoms with Crippen LogP contribution in [0.25, 0.3) is 0 Å². The smallest absolute Gasteiger partial charge is 0.220 e. The molecule has 1 aliphatic rings. The highest BCUT2D eigenvalue weighted by atomic mass is 79.9. The van der Waals surface area contributed by atoms with Crippen molar-refractivity contribution in [2.45, 2.75) is 31.1 Å². The molecule has 2 heterocycles. The summed E-state index contributed by atoms with van der Waals surface area (Å²) in [6.45, 7) is 2.23. The van der Waals surface area contributed by atoms with Gasteiger partial charge in [0, 0.05) is 36.1 Å². The number of rotatable bonds is 6. The molecule has 3 rings (SSSR count). The number of nitrogens with one attached hydrogen (secondary N) is 1. The first-order valence-electron chi connectivity index (χ1n) is 8.30. The van der Waals surface area contributed by atoms with Gasteiger partial charge in [-0.1, -0.05) is 34.1 Å². The molecule has 0 bridgehead atoms.